The quantitative estimate of drug-likeness (QED) is 0.768. The minimum atomic E-state index is 0.0273. The Balaban J connectivity index is 1.42. The highest BCUT2D eigenvalue weighted by Crippen LogP contribution is 2.31. The van der Waals surface area contributed by atoms with Crippen LogP contribution in [-0.4, -0.2) is 35.0 Å². The third-order valence-corrected chi connectivity index (χ3v) is 5.91. The van der Waals surface area contributed by atoms with Gasteiger partial charge >= 0.3 is 0 Å². The van der Waals surface area contributed by atoms with Crippen molar-refractivity contribution in [1.82, 2.24) is 15.3 Å². The molecule has 6 heteroatoms. The molecule has 0 saturated carbocycles. The third kappa shape index (κ3) is 3.29. The lowest BCUT2D eigenvalue weighted by Crippen LogP contribution is -2.45. The molecule has 26 heavy (non-hydrogen) atoms. The summed E-state index contributed by atoms with van der Waals surface area (Å²) in [6.45, 7) is 5.85. The number of carbonyl (C=O) groups excluding carboxylic acids is 1. The zero-order valence-electron chi connectivity index (χ0n) is 15.0. The summed E-state index contributed by atoms with van der Waals surface area (Å²) in [5.41, 5.74) is 1.78. The van der Waals surface area contributed by atoms with Gasteiger partial charge in [-0.05, 0) is 44.4 Å². The van der Waals surface area contributed by atoms with Crippen LogP contribution >= 0.6 is 11.3 Å². The van der Waals surface area contributed by atoms with Gasteiger partial charge in [0.15, 0.2) is 0 Å². The Labute approximate surface area is 157 Å². The lowest BCUT2D eigenvalue weighted by atomic mass is 10.0. The average molecular weight is 366 g/mol. The molecule has 5 nitrogen and oxygen atoms in total. The molecule has 0 radical (unpaired) electrons. The number of piperidine rings is 1. The fourth-order valence-corrected chi connectivity index (χ4v) is 4.38. The van der Waals surface area contributed by atoms with Gasteiger partial charge in [0.1, 0.15) is 17.0 Å². The van der Waals surface area contributed by atoms with Gasteiger partial charge in [0, 0.05) is 29.6 Å². The number of hydrogen-bond acceptors (Lipinski definition) is 5. The minimum absolute atomic E-state index is 0.0273. The molecule has 0 atom stereocenters. The Kier molecular flexibility index (Phi) is 4.59. The normalized spacial score (nSPS) is 15.4. The largest absolute Gasteiger partial charge is 0.356 e. The van der Waals surface area contributed by atoms with Crippen molar-refractivity contribution in [2.24, 2.45) is 0 Å². The highest BCUT2D eigenvalue weighted by Gasteiger charge is 2.24. The van der Waals surface area contributed by atoms with E-state index in [1.54, 1.807) is 17.7 Å². The van der Waals surface area contributed by atoms with Gasteiger partial charge in [-0.15, -0.1) is 11.3 Å². The highest BCUT2D eigenvalue weighted by molar-refractivity contribution is 7.18. The van der Waals surface area contributed by atoms with Crippen molar-refractivity contribution in [3.63, 3.8) is 0 Å². The van der Waals surface area contributed by atoms with Crippen LogP contribution in [0.1, 0.15) is 33.6 Å². The first-order chi connectivity index (χ1) is 12.6. The van der Waals surface area contributed by atoms with Gasteiger partial charge in [0.2, 0.25) is 0 Å². The molecule has 1 fully saturated rings. The first-order valence-electron chi connectivity index (χ1n) is 8.94. The summed E-state index contributed by atoms with van der Waals surface area (Å²) in [4.78, 5) is 26.0. The molecule has 3 heterocycles. The molecule has 1 aliphatic heterocycles. The number of thiophene rings is 1. The predicted molar refractivity (Wildman–Crippen MR) is 106 cm³/mol. The fourth-order valence-electron chi connectivity index (χ4n) is 3.54. The standard InChI is InChI=1S/C20H22N4OS/c1-13-5-3-4-6-16(13)19(25)23-15-7-9-24(10-8-15)18-17-11-14(2)26-20(17)22-12-21-18/h3-6,11-12,15H,7-10H2,1-2H3,(H,23,25). The van der Waals surface area contributed by atoms with E-state index < -0.39 is 0 Å². The molecule has 1 amide bonds. The molecule has 2 aromatic heterocycles. The van der Waals surface area contributed by atoms with Gasteiger partial charge in [-0.2, -0.15) is 0 Å². The molecule has 1 aromatic carbocycles. The number of carbonyl (C=O) groups is 1. The van der Waals surface area contributed by atoms with Crippen LogP contribution in [0.25, 0.3) is 10.2 Å². The summed E-state index contributed by atoms with van der Waals surface area (Å²) in [6.07, 6.45) is 3.50. The van der Waals surface area contributed by atoms with E-state index in [4.69, 9.17) is 0 Å². The fraction of sp³-hybridized carbons (Fsp3) is 0.350. The molecular formula is C20H22N4OS. The molecular weight excluding hydrogens is 344 g/mol. The van der Waals surface area contributed by atoms with Gasteiger partial charge in [-0.25, -0.2) is 9.97 Å². The van der Waals surface area contributed by atoms with Crippen LogP contribution in [0.2, 0.25) is 0 Å². The second kappa shape index (κ2) is 7.03. The summed E-state index contributed by atoms with van der Waals surface area (Å²) in [6, 6.07) is 10.1. The number of benzene rings is 1. The Morgan fingerprint density at radius 2 is 1.96 bits per heavy atom. The van der Waals surface area contributed by atoms with Crippen LogP contribution in [0.5, 0.6) is 0 Å². The van der Waals surface area contributed by atoms with E-state index in [0.29, 0.717) is 0 Å². The number of anilines is 1. The van der Waals surface area contributed by atoms with Gasteiger partial charge in [-0.3, -0.25) is 4.79 Å². The van der Waals surface area contributed by atoms with E-state index in [1.807, 2.05) is 31.2 Å². The Morgan fingerprint density at radius 3 is 2.73 bits per heavy atom. The summed E-state index contributed by atoms with van der Waals surface area (Å²) >= 11 is 1.70. The number of aryl methyl sites for hydroxylation is 2. The smallest absolute Gasteiger partial charge is 0.251 e. The van der Waals surface area contributed by atoms with Crippen molar-refractivity contribution in [2.45, 2.75) is 32.7 Å². The number of fused-ring (bicyclic) bond motifs is 1. The zero-order chi connectivity index (χ0) is 18.1. The number of rotatable bonds is 3. The van der Waals surface area contributed by atoms with Crippen molar-refractivity contribution in [3.8, 4) is 0 Å². The van der Waals surface area contributed by atoms with Crippen molar-refractivity contribution < 1.29 is 4.79 Å². The van der Waals surface area contributed by atoms with E-state index >= 15 is 0 Å². The molecule has 0 spiro atoms. The van der Waals surface area contributed by atoms with E-state index in [9.17, 15) is 4.79 Å². The monoisotopic (exact) mass is 366 g/mol. The predicted octanol–water partition coefficient (Wildman–Crippen LogP) is 3.71. The number of nitrogens with zero attached hydrogens (tertiary/aromatic N) is 3. The third-order valence-electron chi connectivity index (χ3n) is 4.95. The number of nitrogens with one attached hydrogen (secondary N) is 1. The van der Waals surface area contributed by atoms with Crippen LogP contribution in [0.4, 0.5) is 5.82 Å². The molecule has 134 valence electrons. The first kappa shape index (κ1) is 17.0. The summed E-state index contributed by atoms with van der Waals surface area (Å²) < 4.78 is 0. The van der Waals surface area contributed by atoms with E-state index in [2.05, 4.69) is 33.2 Å². The topological polar surface area (TPSA) is 58.1 Å². The van der Waals surface area contributed by atoms with E-state index in [-0.39, 0.29) is 11.9 Å². The number of amides is 1. The van der Waals surface area contributed by atoms with Crippen LogP contribution in [-0.2, 0) is 0 Å². The summed E-state index contributed by atoms with van der Waals surface area (Å²) in [5, 5.41) is 4.33. The van der Waals surface area contributed by atoms with E-state index in [1.165, 1.54) is 4.88 Å². The van der Waals surface area contributed by atoms with Crippen LogP contribution in [0.15, 0.2) is 36.7 Å². The maximum atomic E-state index is 12.5. The van der Waals surface area contributed by atoms with Gasteiger partial charge in [0.25, 0.3) is 5.91 Å². The maximum absolute atomic E-state index is 12.5. The Bertz CT molecular complexity index is 944. The first-order valence-corrected chi connectivity index (χ1v) is 9.76. The number of aromatic nitrogens is 2. The minimum Gasteiger partial charge on any atom is -0.356 e. The van der Waals surface area contributed by atoms with Crippen LogP contribution in [0, 0.1) is 13.8 Å². The molecule has 0 bridgehead atoms. The molecule has 1 aliphatic rings. The molecule has 4 rings (SSSR count). The number of hydrogen-bond donors (Lipinski definition) is 1. The van der Waals surface area contributed by atoms with Crippen molar-refractivity contribution in [3.05, 3.63) is 52.7 Å². The van der Waals surface area contributed by atoms with Crippen molar-refractivity contribution >= 4 is 33.3 Å². The lowest BCUT2D eigenvalue weighted by Gasteiger charge is -2.33. The van der Waals surface area contributed by atoms with Gasteiger partial charge in [0.05, 0.1) is 5.39 Å². The molecule has 1 N–H and O–H groups in total. The second-order valence-corrected chi connectivity index (χ2v) is 8.06. The van der Waals surface area contributed by atoms with Crippen molar-refractivity contribution in [1.29, 1.82) is 0 Å². The van der Waals surface area contributed by atoms with Crippen LogP contribution < -0.4 is 10.2 Å². The average Bonchev–Trinajstić information content (AvgIpc) is 3.03. The van der Waals surface area contributed by atoms with Crippen LogP contribution in [0.3, 0.4) is 0 Å². The Hall–Kier alpha value is -2.47. The second-order valence-electron chi connectivity index (χ2n) is 6.82. The molecule has 0 aliphatic carbocycles. The highest BCUT2D eigenvalue weighted by atomic mass is 32.1. The molecule has 0 unspecified atom stereocenters. The zero-order valence-corrected chi connectivity index (χ0v) is 15.8. The van der Waals surface area contributed by atoms with E-state index in [0.717, 1.165) is 53.1 Å². The lowest BCUT2D eigenvalue weighted by molar-refractivity contribution is 0.0930. The maximum Gasteiger partial charge on any atom is 0.251 e. The molecule has 1 saturated heterocycles. The SMILES string of the molecule is Cc1cc2c(N3CCC(NC(=O)c4ccccc4C)CC3)ncnc2s1. The van der Waals surface area contributed by atoms with Gasteiger partial charge < -0.3 is 10.2 Å². The van der Waals surface area contributed by atoms with Gasteiger partial charge in [-0.1, -0.05) is 18.2 Å². The summed E-state index contributed by atoms with van der Waals surface area (Å²) in [5.74, 6) is 1.04. The molecule has 3 aromatic rings. The Morgan fingerprint density at radius 1 is 1.19 bits per heavy atom. The summed E-state index contributed by atoms with van der Waals surface area (Å²) in [7, 11) is 0. The van der Waals surface area contributed by atoms with Crippen molar-refractivity contribution in [2.75, 3.05) is 18.0 Å².